The van der Waals surface area contributed by atoms with Gasteiger partial charge in [0.25, 0.3) is 0 Å². The largest absolute Gasteiger partial charge is 0.416 e. The summed E-state index contributed by atoms with van der Waals surface area (Å²) in [7, 11) is 3.26. The van der Waals surface area contributed by atoms with Crippen molar-refractivity contribution in [1.82, 2.24) is 19.5 Å². The Morgan fingerprint density at radius 1 is 1.00 bits per heavy atom. The first-order valence-corrected chi connectivity index (χ1v) is 10.7. The zero-order valence-electron chi connectivity index (χ0n) is 18.2. The molecular formula is C25H25N5O2. The number of imidazole rings is 1. The molecule has 2 heterocycles. The monoisotopic (exact) mass is 427 g/mol. The summed E-state index contributed by atoms with van der Waals surface area (Å²) in [5.41, 5.74) is 11.7. The van der Waals surface area contributed by atoms with Crippen LogP contribution in [0.1, 0.15) is 24.8 Å². The van der Waals surface area contributed by atoms with Crippen molar-refractivity contribution in [2.24, 2.45) is 5.73 Å². The predicted molar refractivity (Wildman–Crippen MR) is 123 cm³/mol. The van der Waals surface area contributed by atoms with Crippen LogP contribution in [0.15, 0.2) is 66.7 Å². The quantitative estimate of drug-likeness (QED) is 0.520. The Labute approximate surface area is 186 Å². The second-order valence-corrected chi connectivity index (χ2v) is 8.47. The van der Waals surface area contributed by atoms with Crippen molar-refractivity contribution in [3.8, 4) is 28.4 Å². The van der Waals surface area contributed by atoms with Crippen LogP contribution in [-0.4, -0.2) is 39.7 Å². The molecule has 0 bridgehead atoms. The van der Waals surface area contributed by atoms with Gasteiger partial charge < -0.3 is 15.4 Å². The predicted octanol–water partition coefficient (Wildman–Crippen LogP) is 4.46. The van der Waals surface area contributed by atoms with Crippen molar-refractivity contribution in [2.45, 2.75) is 24.8 Å². The van der Waals surface area contributed by atoms with Gasteiger partial charge in [-0.1, -0.05) is 54.6 Å². The van der Waals surface area contributed by atoms with E-state index in [0.717, 1.165) is 40.9 Å². The minimum atomic E-state index is -0.485. The first kappa shape index (κ1) is 20.2. The van der Waals surface area contributed by atoms with Gasteiger partial charge in [0.15, 0.2) is 5.65 Å². The van der Waals surface area contributed by atoms with Gasteiger partial charge in [0, 0.05) is 36.8 Å². The van der Waals surface area contributed by atoms with E-state index < -0.39 is 6.09 Å². The fourth-order valence-corrected chi connectivity index (χ4v) is 4.01. The lowest BCUT2D eigenvalue weighted by Gasteiger charge is -2.38. The average Bonchev–Trinajstić information content (AvgIpc) is 3.17. The first-order valence-electron chi connectivity index (χ1n) is 10.7. The maximum absolute atomic E-state index is 12.0. The Balaban J connectivity index is 1.62. The molecule has 0 unspecified atom stereocenters. The minimum Gasteiger partial charge on any atom is -0.390 e. The Kier molecular flexibility index (Phi) is 4.90. The maximum Gasteiger partial charge on any atom is 0.416 e. The molecule has 1 amide bonds. The molecule has 1 saturated carbocycles. The van der Waals surface area contributed by atoms with Crippen molar-refractivity contribution >= 4 is 11.7 Å². The smallest absolute Gasteiger partial charge is 0.390 e. The van der Waals surface area contributed by atoms with E-state index in [0.29, 0.717) is 5.65 Å². The normalized spacial score (nSPS) is 14.7. The molecular weight excluding hydrogens is 402 g/mol. The summed E-state index contributed by atoms with van der Waals surface area (Å²) in [5, 5.41) is 4.56. The van der Waals surface area contributed by atoms with Gasteiger partial charge in [0.2, 0.25) is 5.88 Å². The third kappa shape index (κ3) is 3.50. The third-order valence-electron chi connectivity index (χ3n) is 6.04. The molecule has 5 rings (SSSR count). The number of benzene rings is 2. The highest BCUT2D eigenvalue weighted by atomic mass is 16.6. The van der Waals surface area contributed by atoms with Crippen LogP contribution in [0.2, 0.25) is 0 Å². The van der Waals surface area contributed by atoms with E-state index in [4.69, 9.17) is 15.5 Å². The molecule has 0 atom stereocenters. The minimum absolute atomic E-state index is 0.202. The second kappa shape index (κ2) is 7.76. The number of carbonyl (C=O) groups is 1. The molecule has 0 saturated heterocycles. The van der Waals surface area contributed by atoms with Crippen molar-refractivity contribution in [3.05, 3.63) is 72.3 Å². The maximum atomic E-state index is 12.0. The standard InChI is InChI=1S/C25H25N5O2/c1-29(2)24(31)32-21-14-13-20-27-22(23(30(20)28-21)18-7-4-3-5-8-18)17-9-11-19(12-10-17)25(26)15-6-16-25/h3-5,7-14H,6,15-16,26H2,1-2H3. The van der Waals surface area contributed by atoms with Crippen LogP contribution in [0.4, 0.5) is 4.79 Å². The van der Waals surface area contributed by atoms with Gasteiger partial charge in [0.05, 0.1) is 5.69 Å². The van der Waals surface area contributed by atoms with E-state index in [-0.39, 0.29) is 11.4 Å². The number of aromatic nitrogens is 3. The number of rotatable bonds is 4. The van der Waals surface area contributed by atoms with Crippen molar-refractivity contribution in [2.75, 3.05) is 14.1 Å². The SMILES string of the molecule is CN(C)C(=O)Oc1ccc2nc(-c3ccc(C4(N)CCC4)cc3)c(-c3ccccc3)n2n1. The third-order valence-corrected chi connectivity index (χ3v) is 6.04. The molecule has 2 N–H and O–H groups in total. The van der Waals surface area contributed by atoms with Gasteiger partial charge in [-0.05, 0) is 30.9 Å². The van der Waals surface area contributed by atoms with Crippen LogP contribution in [-0.2, 0) is 5.54 Å². The molecule has 0 spiro atoms. The number of hydrogen-bond donors (Lipinski definition) is 1. The highest BCUT2D eigenvalue weighted by Crippen LogP contribution is 2.40. The number of hydrogen-bond acceptors (Lipinski definition) is 5. The Bertz CT molecular complexity index is 1280. The molecule has 2 aromatic carbocycles. The van der Waals surface area contributed by atoms with E-state index in [1.54, 1.807) is 30.7 Å². The molecule has 4 aromatic rings. The zero-order valence-corrected chi connectivity index (χ0v) is 18.2. The van der Waals surface area contributed by atoms with Crippen LogP contribution in [0.5, 0.6) is 5.88 Å². The number of nitrogens with two attached hydrogens (primary N) is 1. The lowest BCUT2D eigenvalue weighted by molar-refractivity contribution is 0.169. The molecule has 1 aliphatic carbocycles. The summed E-state index contributed by atoms with van der Waals surface area (Å²) in [6, 6.07) is 21.8. The van der Waals surface area contributed by atoms with Crippen LogP contribution >= 0.6 is 0 Å². The molecule has 1 aliphatic rings. The fourth-order valence-electron chi connectivity index (χ4n) is 4.01. The number of nitrogens with zero attached hydrogens (tertiary/aromatic N) is 4. The van der Waals surface area contributed by atoms with Crippen molar-refractivity contribution < 1.29 is 9.53 Å². The summed E-state index contributed by atoms with van der Waals surface area (Å²) in [6.07, 6.45) is 2.73. The van der Waals surface area contributed by atoms with Crippen molar-refractivity contribution in [3.63, 3.8) is 0 Å². The number of fused-ring (bicyclic) bond motifs is 1. The van der Waals surface area contributed by atoms with E-state index in [2.05, 4.69) is 29.4 Å². The van der Waals surface area contributed by atoms with E-state index in [1.807, 2.05) is 30.3 Å². The molecule has 0 radical (unpaired) electrons. The van der Waals surface area contributed by atoms with Crippen LogP contribution in [0.3, 0.4) is 0 Å². The molecule has 0 aliphatic heterocycles. The highest BCUT2D eigenvalue weighted by Gasteiger charge is 2.34. The van der Waals surface area contributed by atoms with Gasteiger partial charge in [0.1, 0.15) is 5.69 Å². The van der Waals surface area contributed by atoms with E-state index >= 15 is 0 Å². The second-order valence-electron chi connectivity index (χ2n) is 8.47. The molecule has 2 aromatic heterocycles. The lowest BCUT2D eigenvalue weighted by atomic mass is 9.72. The van der Waals surface area contributed by atoms with Crippen molar-refractivity contribution in [1.29, 1.82) is 0 Å². The summed E-state index contributed by atoms with van der Waals surface area (Å²) in [5.74, 6) is 0.211. The summed E-state index contributed by atoms with van der Waals surface area (Å²) in [4.78, 5) is 18.2. The first-order chi connectivity index (χ1) is 15.4. The number of ether oxygens (including phenoxy) is 1. The lowest BCUT2D eigenvalue weighted by Crippen LogP contribution is -2.43. The summed E-state index contributed by atoms with van der Waals surface area (Å²) in [6.45, 7) is 0. The Morgan fingerprint density at radius 2 is 1.72 bits per heavy atom. The highest BCUT2D eigenvalue weighted by molar-refractivity contribution is 5.82. The van der Waals surface area contributed by atoms with Gasteiger partial charge in [-0.2, -0.15) is 0 Å². The van der Waals surface area contributed by atoms with E-state index in [1.165, 1.54) is 11.3 Å². The molecule has 7 heteroatoms. The molecule has 7 nitrogen and oxygen atoms in total. The average molecular weight is 428 g/mol. The number of carbonyl (C=O) groups excluding carboxylic acids is 1. The molecule has 1 fully saturated rings. The van der Waals surface area contributed by atoms with Crippen LogP contribution in [0.25, 0.3) is 28.2 Å². The van der Waals surface area contributed by atoms with Gasteiger partial charge >= 0.3 is 6.09 Å². The summed E-state index contributed by atoms with van der Waals surface area (Å²) >= 11 is 0. The van der Waals surface area contributed by atoms with E-state index in [9.17, 15) is 4.79 Å². The molecule has 162 valence electrons. The Hall–Kier alpha value is -3.71. The number of amides is 1. The van der Waals surface area contributed by atoms with Gasteiger partial charge in [-0.25, -0.2) is 14.3 Å². The molecule has 32 heavy (non-hydrogen) atoms. The van der Waals surface area contributed by atoms with Crippen LogP contribution < -0.4 is 10.5 Å². The summed E-state index contributed by atoms with van der Waals surface area (Å²) < 4.78 is 7.10. The fraction of sp³-hybridized carbons (Fsp3) is 0.240. The van der Waals surface area contributed by atoms with Gasteiger partial charge in [-0.15, -0.1) is 5.10 Å². The van der Waals surface area contributed by atoms with Gasteiger partial charge in [-0.3, -0.25) is 0 Å². The van der Waals surface area contributed by atoms with Crippen LogP contribution in [0, 0.1) is 0 Å². The topological polar surface area (TPSA) is 85.8 Å². The Morgan fingerprint density at radius 3 is 2.34 bits per heavy atom. The zero-order chi connectivity index (χ0) is 22.3.